The summed E-state index contributed by atoms with van der Waals surface area (Å²) in [5.41, 5.74) is 6.01. The molecular weight excluding hydrogens is 246 g/mol. The van der Waals surface area contributed by atoms with E-state index in [2.05, 4.69) is 5.32 Å². The van der Waals surface area contributed by atoms with Gasteiger partial charge in [0.15, 0.2) is 0 Å². The average Bonchev–Trinajstić information content (AvgIpc) is 3.16. The highest BCUT2D eigenvalue weighted by Gasteiger charge is 2.34. The Kier molecular flexibility index (Phi) is 4.63. The van der Waals surface area contributed by atoms with Crippen molar-refractivity contribution in [1.82, 2.24) is 10.2 Å². The summed E-state index contributed by atoms with van der Waals surface area (Å²) in [4.78, 5) is 24.5. The van der Waals surface area contributed by atoms with E-state index in [0.29, 0.717) is 0 Å². The molecule has 2 rings (SSSR count). The van der Waals surface area contributed by atoms with Crippen LogP contribution in [-0.4, -0.2) is 46.7 Å². The zero-order valence-corrected chi connectivity index (χ0v) is 11.2. The Morgan fingerprint density at radius 2 is 1.89 bits per heavy atom. The van der Waals surface area contributed by atoms with Crippen molar-refractivity contribution >= 4 is 12.0 Å². The Balaban J connectivity index is 1.86. The highest BCUT2D eigenvalue weighted by molar-refractivity contribution is 5.76. The number of carbonyl (C=O) groups is 2. The van der Waals surface area contributed by atoms with Crippen LogP contribution in [0.4, 0.5) is 4.79 Å². The van der Waals surface area contributed by atoms with Gasteiger partial charge in [0, 0.05) is 24.7 Å². The van der Waals surface area contributed by atoms with E-state index >= 15 is 0 Å². The van der Waals surface area contributed by atoms with Gasteiger partial charge in [-0.1, -0.05) is 12.8 Å². The monoisotopic (exact) mass is 269 g/mol. The molecule has 0 radical (unpaired) electrons. The van der Waals surface area contributed by atoms with Crippen LogP contribution in [-0.2, 0) is 4.79 Å². The highest BCUT2D eigenvalue weighted by atomic mass is 16.4. The maximum Gasteiger partial charge on any atom is 0.317 e. The van der Waals surface area contributed by atoms with Crippen LogP contribution < -0.4 is 11.1 Å². The number of carbonyl (C=O) groups excluding carboxylic acids is 1. The molecule has 2 fully saturated rings. The molecule has 0 saturated heterocycles. The summed E-state index contributed by atoms with van der Waals surface area (Å²) in [5, 5.41) is 11.7. The lowest BCUT2D eigenvalue weighted by Gasteiger charge is -2.32. The fourth-order valence-electron chi connectivity index (χ4n) is 2.63. The topological polar surface area (TPSA) is 95.7 Å². The van der Waals surface area contributed by atoms with Crippen LogP contribution in [0.1, 0.15) is 44.9 Å². The van der Waals surface area contributed by atoms with Crippen LogP contribution in [0.15, 0.2) is 0 Å². The number of carboxylic acids is 1. The van der Waals surface area contributed by atoms with Crippen molar-refractivity contribution in [3.63, 3.8) is 0 Å². The van der Waals surface area contributed by atoms with E-state index in [1.165, 1.54) is 0 Å². The number of aliphatic carboxylic acids is 1. The summed E-state index contributed by atoms with van der Waals surface area (Å²) < 4.78 is 0. The summed E-state index contributed by atoms with van der Waals surface area (Å²) >= 11 is 0. The maximum absolute atomic E-state index is 12.2. The molecule has 2 aliphatic rings. The van der Waals surface area contributed by atoms with E-state index in [4.69, 9.17) is 10.8 Å². The van der Waals surface area contributed by atoms with E-state index in [0.717, 1.165) is 38.5 Å². The van der Waals surface area contributed by atoms with Gasteiger partial charge in [0.25, 0.3) is 0 Å². The number of hydrogen-bond acceptors (Lipinski definition) is 3. The molecule has 0 bridgehead atoms. The molecular formula is C13H23N3O3. The minimum Gasteiger partial charge on any atom is -0.481 e. The Hall–Kier alpha value is -1.30. The Morgan fingerprint density at radius 1 is 1.21 bits per heavy atom. The van der Waals surface area contributed by atoms with Crippen molar-refractivity contribution in [3.05, 3.63) is 0 Å². The number of carboxylic acid groups (broad SMARTS) is 1. The van der Waals surface area contributed by atoms with Crippen molar-refractivity contribution in [3.8, 4) is 0 Å². The van der Waals surface area contributed by atoms with Gasteiger partial charge in [0.1, 0.15) is 0 Å². The SMILES string of the molecule is NC1CCCCC1NC(=O)N(CCC(=O)O)C1CC1. The minimum atomic E-state index is -0.868. The first-order valence-corrected chi connectivity index (χ1v) is 7.12. The summed E-state index contributed by atoms with van der Waals surface area (Å²) in [6.45, 7) is 0.286. The quantitative estimate of drug-likeness (QED) is 0.691. The summed E-state index contributed by atoms with van der Waals surface area (Å²) in [7, 11) is 0. The summed E-state index contributed by atoms with van der Waals surface area (Å²) in [5.74, 6) is -0.868. The lowest BCUT2D eigenvalue weighted by atomic mass is 9.91. The molecule has 0 aromatic heterocycles. The van der Waals surface area contributed by atoms with Crippen LogP contribution in [0, 0.1) is 0 Å². The lowest BCUT2D eigenvalue weighted by molar-refractivity contribution is -0.137. The van der Waals surface area contributed by atoms with Gasteiger partial charge in [-0.2, -0.15) is 0 Å². The second kappa shape index (κ2) is 6.23. The van der Waals surface area contributed by atoms with Crippen LogP contribution in [0.5, 0.6) is 0 Å². The van der Waals surface area contributed by atoms with E-state index in [9.17, 15) is 9.59 Å². The van der Waals surface area contributed by atoms with Gasteiger partial charge in [-0.05, 0) is 25.7 Å². The van der Waals surface area contributed by atoms with E-state index in [-0.39, 0.29) is 37.1 Å². The third-order valence-electron chi connectivity index (χ3n) is 3.94. The first kappa shape index (κ1) is 14.1. The van der Waals surface area contributed by atoms with Gasteiger partial charge in [0.2, 0.25) is 0 Å². The van der Waals surface area contributed by atoms with Crippen molar-refractivity contribution in [2.45, 2.75) is 63.1 Å². The third kappa shape index (κ3) is 4.09. The summed E-state index contributed by atoms with van der Waals surface area (Å²) in [6.07, 6.45) is 6.04. The minimum absolute atomic E-state index is 0.000635. The zero-order chi connectivity index (χ0) is 13.8. The first-order chi connectivity index (χ1) is 9.08. The summed E-state index contributed by atoms with van der Waals surface area (Å²) in [6, 6.07) is 0.135. The van der Waals surface area contributed by atoms with Gasteiger partial charge < -0.3 is 21.1 Å². The van der Waals surface area contributed by atoms with Crippen LogP contribution in [0.25, 0.3) is 0 Å². The van der Waals surface area contributed by atoms with Crippen molar-refractivity contribution in [2.24, 2.45) is 5.73 Å². The molecule has 0 heterocycles. The molecule has 4 N–H and O–H groups in total. The molecule has 0 aromatic rings. The van der Waals surface area contributed by atoms with Crippen LogP contribution in [0.3, 0.4) is 0 Å². The molecule has 2 unspecified atom stereocenters. The lowest BCUT2D eigenvalue weighted by Crippen LogP contribution is -2.53. The number of amides is 2. The van der Waals surface area contributed by atoms with Gasteiger partial charge in [0.05, 0.1) is 6.42 Å². The Morgan fingerprint density at radius 3 is 2.47 bits per heavy atom. The van der Waals surface area contributed by atoms with Gasteiger partial charge >= 0.3 is 12.0 Å². The molecule has 108 valence electrons. The van der Waals surface area contributed by atoms with Crippen LogP contribution in [0.2, 0.25) is 0 Å². The normalized spacial score (nSPS) is 26.8. The largest absolute Gasteiger partial charge is 0.481 e. The standard InChI is InChI=1S/C13H23N3O3/c14-10-3-1-2-4-11(10)15-13(19)16(9-5-6-9)8-7-12(17)18/h9-11H,1-8,14H2,(H,15,19)(H,17,18). The zero-order valence-electron chi connectivity index (χ0n) is 11.2. The Labute approximate surface area is 113 Å². The predicted molar refractivity (Wildman–Crippen MR) is 70.7 cm³/mol. The molecule has 0 aliphatic heterocycles. The molecule has 2 aliphatic carbocycles. The fourth-order valence-corrected chi connectivity index (χ4v) is 2.63. The number of hydrogen-bond donors (Lipinski definition) is 3. The van der Waals surface area contributed by atoms with E-state index in [1.807, 2.05) is 0 Å². The fraction of sp³-hybridized carbons (Fsp3) is 0.846. The Bertz CT molecular complexity index is 344. The van der Waals surface area contributed by atoms with Crippen molar-refractivity contribution in [2.75, 3.05) is 6.54 Å². The molecule has 6 nitrogen and oxygen atoms in total. The van der Waals surface area contributed by atoms with E-state index < -0.39 is 5.97 Å². The van der Waals surface area contributed by atoms with Gasteiger partial charge in [-0.3, -0.25) is 4.79 Å². The van der Waals surface area contributed by atoms with Gasteiger partial charge in [-0.25, -0.2) is 4.79 Å². The maximum atomic E-state index is 12.2. The molecule has 0 spiro atoms. The first-order valence-electron chi connectivity index (χ1n) is 7.12. The number of nitrogens with zero attached hydrogens (tertiary/aromatic N) is 1. The predicted octanol–water partition coefficient (Wildman–Crippen LogP) is 0.905. The van der Waals surface area contributed by atoms with Gasteiger partial charge in [-0.15, -0.1) is 0 Å². The second-order valence-corrected chi connectivity index (χ2v) is 5.57. The number of nitrogens with two attached hydrogens (primary N) is 1. The van der Waals surface area contributed by atoms with Crippen LogP contribution >= 0.6 is 0 Å². The second-order valence-electron chi connectivity index (χ2n) is 5.57. The van der Waals surface area contributed by atoms with Crippen molar-refractivity contribution < 1.29 is 14.7 Å². The van der Waals surface area contributed by atoms with E-state index in [1.54, 1.807) is 4.90 Å². The molecule has 6 heteroatoms. The third-order valence-corrected chi connectivity index (χ3v) is 3.94. The number of urea groups is 1. The smallest absolute Gasteiger partial charge is 0.317 e. The highest BCUT2D eigenvalue weighted by Crippen LogP contribution is 2.27. The van der Waals surface area contributed by atoms with Crippen molar-refractivity contribution in [1.29, 1.82) is 0 Å². The molecule has 2 amide bonds. The number of nitrogens with one attached hydrogen (secondary N) is 1. The molecule has 19 heavy (non-hydrogen) atoms. The molecule has 2 atom stereocenters. The molecule has 2 saturated carbocycles. The molecule has 0 aromatic carbocycles. The number of rotatable bonds is 5. The average molecular weight is 269 g/mol.